The van der Waals surface area contributed by atoms with Gasteiger partial charge in [0, 0.05) is 5.41 Å². The molecule has 0 saturated carbocycles. The molecule has 0 radical (unpaired) electrons. The average Bonchev–Trinajstić information content (AvgIpc) is 3.04. The monoisotopic (exact) mass is 479 g/mol. The molecule has 2 rings (SSSR count). The molecule has 2 N–H and O–H groups in total. The van der Waals surface area contributed by atoms with Crippen molar-refractivity contribution in [3.05, 3.63) is 22.2 Å². The number of rotatable bonds is 7. The molecule has 0 spiro atoms. The summed E-state index contributed by atoms with van der Waals surface area (Å²) >= 11 is 9.65. The van der Waals surface area contributed by atoms with Crippen molar-refractivity contribution in [2.75, 3.05) is 6.26 Å². The SMILES string of the molecule is CSc1sccc1OC(SC(=O)C(C)(C)C)=C(C(=O)O)N1C(=O)[C@H]([C@@H](C)O)[C@@H]1Cl. The molecule has 1 aromatic heterocycles. The number of amides is 1. The Morgan fingerprint density at radius 3 is 2.45 bits per heavy atom. The van der Waals surface area contributed by atoms with Crippen LogP contribution in [0.25, 0.3) is 0 Å². The zero-order chi connectivity index (χ0) is 22.1. The van der Waals surface area contributed by atoms with Crippen LogP contribution < -0.4 is 4.74 Å². The number of hydrogen-bond donors (Lipinski definition) is 2. The number of β-lactam (4-membered cyclic amide) rings is 1. The standard InChI is InChI=1S/C18H22ClNO6S3/c1-8(21)10-12(19)20(13(10)22)11(14(23)24)15(29-17(25)18(2,3)4)26-9-6-7-28-16(9)27-5/h6-8,10,12,21H,1-5H3,(H,23,24)/t8-,10-,12-/m1/s1. The van der Waals surface area contributed by atoms with Gasteiger partial charge in [0.1, 0.15) is 9.71 Å². The lowest BCUT2D eigenvalue weighted by Crippen LogP contribution is -2.62. The molecule has 0 aliphatic carbocycles. The smallest absolute Gasteiger partial charge is 0.357 e. The number of thioether (sulfide) groups is 2. The number of aliphatic carboxylic acids is 1. The number of aliphatic hydroxyl groups excluding tert-OH is 1. The Morgan fingerprint density at radius 1 is 1.38 bits per heavy atom. The third-order valence-electron chi connectivity index (χ3n) is 4.00. The number of likely N-dealkylation sites (tertiary alicyclic amines) is 1. The highest BCUT2D eigenvalue weighted by Crippen LogP contribution is 2.42. The lowest BCUT2D eigenvalue weighted by atomic mass is 9.92. The first-order valence-electron chi connectivity index (χ1n) is 8.54. The van der Waals surface area contributed by atoms with Gasteiger partial charge in [-0.25, -0.2) is 4.79 Å². The van der Waals surface area contributed by atoms with E-state index in [0.717, 1.165) is 9.11 Å². The molecule has 0 bridgehead atoms. The maximum absolute atomic E-state index is 12.6. The fourth-order valence-electron chi connectivity index (χ4n) is 2.40. The van der Waals surface area contributed by atoms with Gasteiger partial charge >= 0.3 is 5.97 Å². The van der Waals surface area contributed by atoms with E-state index in [1.165, 1.54) is 30.0 Å². The van der Waals surface area contributed by atoms with Crippen molar-refractivity contribution in [1.29, 1.82) is 0 Å². The molecule has 1 amide bonds. The molecule has 1 aliphatic rings. The van der Waals surface area contributed by atoms with Crippen molar-refractivity contribution in [2.45, 2.75) is 43.5 Å². The van der Waals surface area contributed by atoms with Crippen LogP contribution in [-0.2, 0) is 14.4 Å². The van der Waals surface area contributed by atoms with Crippen molar-refractivity contribution in [3.8, 4) is 5.75 Å². The first kappa shape index (κ1) is 24.1. The molecular formula is C18H22ClNO6S3. The molecule has 160 valence electrons. The number of halogens is 1. The highest BCUT2D eigenvalue weighted by Gasteiger charge is 2.53. The highest BCUT2D eigenvalue weighted by molar-refractivity contribution is 8.16. The van der Waals surface area contributed by atoms with E-state index in [2.05, 4.69) is 0 Å². The van der Waals surface area contributed by atoms with Gasteiger partial charge in [0.25, 0.3) is 0 Å². The van der Waals surface area contributed by atoms with Crippen LogP contribution in [0.15, 0.2) is 26.4 Å². The molecule has 7 nitrogen and oxygen atoms in total. The van der Waals surface area contributed by atoms with Crippen LogP contribution in [0, 0.1) is 11.3 Å². The second-order valence-corrected chi connectivity index (χ2v) is 10.7. The van der Waals surface area contributed by atoms with E-state index < -0.39 is 40.5 Å². The first-order chi connectivity index (χ1) is 13.4. The minimum absolute atomic E-state index is 0.242. The van der Waals surface area contributed by atoms with Gasteiger partial charge in [0.2, 0.25) is 11.0 Å². The summed E-state index contributed by atoms with van der Waals surface area (Å²) in [6.07, 6.45) is 0.804. The molecule has 2 heterocycles. The number of carbonyl (C=O) groups is 3. The van der Waals surface area contributed by atoms with E-state index in [-0.39, 0.29) is 10.2 Å². The van der Waals surface area contributed by atoms with Crippen LogP contribution in [0.5, 0.6) is 5.75 Å². The summed E-state index contributed by atoms with van der Waals surface area (Å²) < 4.78 is 6.62. The fourth-order valence-corrected chi connectivity index (χ4v) is 5.20. The second kappa shape index (κ2) is 9.30. The van der Waals surface area contributed by atoms with Crippen molar-refractivity contribution in [2.24, 2.45) is 11.3 Å². The molecule has 0 aromatic carbocycles. The molecule has 1 aliphatic heterocycles. The van der Waals surface area contributed by atoms with Gasteiger partial charge in [-0.3, -0.25) is 14.5 Å². The van der Waals surface area contributed by atoms with Gasteiger partial charge < -0.3 is 14.9 Å². The van der Waals surface area contributed by atoms with Crippen molar-refractivity contribution < 1.29 is 29.3 Å². The summed E-state index contributed by atoms with van der Waals surface area (Å²) in [4.78, 5) is 38.1. The summed E-state index contributed by atoms with van der Waals surface area (Å²) in [6, 6.07) is 1.66. The van der Waals surface area contributed by atoms with Crippen LogP contribution in [-0.4, -0.2) is 50.0 Å². The number of carbonyl (C=O) groups excluding carboxylic acids is 2. The number of thiophene rings is 1. The Balaban J connectivity index is 2.54. The fraction of sp³-hybridized carbons (Fsp3) is 0.500. The van der Waals surface area contributed by atoms with E-state index in [4.69, 9.17) is 16.3 Å². The third-order valence-corrected chi connectivity index (χ3v) is 7.78. The predicted molar refractivity (Wildman–Crippen MR) is 115 cm³/mol. The van der Waals surface area contributed by atoms with Crippen LogP contribution in [0.2, 0.25) is 0 Å². The summed E-state index contributed by atoms with van der Waals surface area (Å²) in [7, 11) is 0. The van der Waals surface area contributed by atoms with E-state index in [1.54, 1.807) is 32.2 Å². The number of carboxylic acids is 1. The number of hydrogen-bond acceptors (Lipinski definition) is 8. The molecule has 29 heavy (non-hydrogen) atoms. The summed E-state index contributed by atoms with van der Waals surface area (Å²) in [5.74, 6) is -2.65. The second-order valence-electron chi connectivity index (χ2n) is 7.31. The normalized spacial score (nSPS) is 21.3. The predicted octanol–water partition coefficient (Wildman–Crippen LogP) is 3.81. The number of alkyl halides is 1. The van der Waals surface area contributed by atoms with E-state index in [9.17, 15) is 24.6 Å². The van der Waals surface area contributed by atoms with Gasteiger partial charge in [-0.2, -0.15) is 0 Å². The van der Waals surface area contributed by atoms with Crippen molar-refractivity contribution in [1.82, 2.24) is 4.90 Å². The Kier molecular flexibility index (Phi) is 7.72. The Hall–Kier alpha value is -1.20. The maximum Gasteiger partial charge on any atom is 0.357 e. The molecule has 0 unspecified atom stereocenters. The molecule has 1 saturated heterocycles. The lowest BCUT2D eigenvalue weighted by molar-refractivity contribution is -0.158. The van der Waals surface area contributed by atoms with Crippen LogP contribution in [0.3, 0.4) is 0 Å². The zero-order valence-corrected chi connectivity index (χ0v) is 19.7. The van der Waals surface area contributed by atoms with Gasteiger partial charge in [0.05, 0.1) is 12.0 Å². The first-order valence-corrected chi connectivity index (χ1v) is 11.9. The van der Waals surface area contributed by atoms with Crippen molar-refractivity contribution >= 4 is 63.5 Å². The largest absolute Gasteiger partial charge is 0.476 e. The molecule has 1 fully saturated rings. The quantitative estimate of drug-likeness (QED) is 0.152. The Labute approximate surface area is 186 Å². The highest BCUT2D eigenvalue weighted by atomic mass is 35.5. The van der Waals surface area contributed by atoms with Gasteiger partial charge in [0.15, 0.2) is 16.5 Å². The Bertz CT molecular complexity index is 845. The summed E-state index contributed by atoms with van der Waals surface area (Å²) in [6.45, 7) is 6.49. The minimum atomic E-state index is -1.46. The summed E-state index contributed by atoms with van der Waals surface area (Å²) in [5.41, 5.74) is -2.37. The van der Waals surface area contributed by atoms with E-state index in [1.807, 2.05) is 6.26 Å². The van der Waals surface area contributed by atoms with Crippen molar-refractivity contribution in [3.63, 3.8) is 0 Å². The molecule has 11 heteroatoms. The number of carboxylic acid groups (broad SMARTS) is 1. The van der Waals surface area contributed by atoms with Gasteiger partial charge in [-0.1, -0.05) is 32.4 Å². The zero-order valence-electron chi connectivity index (χ0n) is 16.5. The van der Waals surface area contributed by atoms with Gasteiger partial charge in [-0.05, 0) is 36.4 Å². The Morgan fingerprint density at radius 2 is 2.00 bits per heavy atom. The van der Waals surface area contributed by atoms with Crippen LogP contribution >= 0.6 is 46.5 Å². The van der Waals surface area contributed by atoms with E-state index in [0.29, 0.717) is 17.5 Å². The number of aliphatic hydroxyl groups is 1. The number of nitrogens with zero attached hydrogens (tertiary/aromatic N) is 1. The average molecular weight is 480 g/mol. The minimum Gasteiger partial charge on any atom is -0.476 e. The topological polar surface area (TPSA) is 104 Å². The maximum atomic E-state index is 12.6. The van der Waals surface area contributed by atoms with Crippen LogP contribution in [0.4, 0.5) is 0 Å². The van der Waals surface area contributed by atoms with E-state index >= 15 is 0 Å². The summed E-state index contributed by atoms with van der Waals surface area (Å²) in [5, 5.41) is 20.8. The van der Waals surface area contributed by atoms with Crippen LogP contribution in [0.1, 0.15) is 27.7 Å². The molecular weight excluding hydrogens is 458 g/mol. The van der Waals surface area contributed by atoms with Gasteiger partial charge in [-0.15, -0.1) is 23.1 Å². The lowest BCUT2D eigenvalue weighted by Gasteiger charge is -2.44. The number of ether oxygens (including phenoxy) is 1. The molecule has 3 atom stereocenters. The third kappa shape index (κ3) is 5.11. The molecule has 1 aromatic rings.